The molecule has 0 bridgehead atoms. The van der Waals surface area contributed by atoms with Crippen molar-refractivity contribution >= 4 is 27.0 Å². The van der Waals surface area contributed by atoms with Gasteiger partial charge in [0.25, 0.3) is 0 Å². The van der Waals surface area contributed by atoms with Gasteiger partial charge in [-0.25, -0.2) is 13.4 Å². The minimum absolute atomic E-state index is 0.00438. The Morgan fingerprint density at radius 2 is 1.91 bits per heavy atom. The highest BCUT2D eigenvalue weighted by molar-refractivity contribution is 7.89. The number of fused-ring (bicyclic) bond motifs is 1. The van der Waals surface area contributed by atoms with Crippen LogP contribution in [0, 0.1) is 0 Å². The van der Waals surface area contributed by atoms with E-state index >= 15 is 0 Å². The molecule has 1 aromatic carbocycles. The fourth-order valence-electron chi connectivity index (χ4n) is 4.37. The van der Waals surface area contributed by atoms with Crippen LogP contribution in [0.2, 0.25) is 0 Å². The highest BCUT2D eigenvalue weighted by atomic mass is 32.2. The second-order valence-corrected chi connectivity index (χ2v) is 10.3. The molecule has 1 aliphatic rings. The highest BCUT2D eigenvalue weighted by Gasteiger charge is 2.23. The number of nitrogens with one attached hydrogen (secondary N) is 1. The van der Waals surface area contributed by atoms with Gasteiger partial charge in [-0.05, 0) is 32.0 Å². The number of morpholine rings is 1. The minimum atomic E-state index is -3.55. The number of benzene rings is 1. The van der Waals surface area contributed by atoms with Gasteiger partial charge in [0.05, 0.1) is 29.1 Å². The molecule has 33 heavy (non-hydrogen) atoms. The molecule has 0 spiro atoms. The van der Waals surface area contributed by atoms with Crippen molar-refractivity contribution in [3.8, 4) is 0 Å². The number of hydrogen-bond donors (Lipinski definition) is 1. The Morgan fingerprint density at radius 1 is 1.21 bits per heavy atom. The Morgan fingerprint density at radius 3 is 2.55 bits per heavy atom. The number of ether oxygens (including phenoxy) is 1. The van der Waals surface area contributed by atoms with Crippen molar-refractivity contribution in [1.82, 2.24) is 24.1 Å². The van der Waals surface area contributed by atoms with E-state index < -0.39 is 10.0 Å². The van der Waals surface area contributed by atoms with Gasteiger partial charge in [0.2, 0.25) is 15.9 Å². The summed E-state index contributed by atoms with van der Waals surface area (Å²) in [6.07, 6.45) is 0.831. The van der Waals surface area contributed by atoms with Gasteiger partial charge in [0.15, 0.2) is 0 Å². The van der Waals surface area contributed by atoms with Crippen molar-refractivity contribution in [2.75, 3.05) is 45.9 Å². The molecule has 1 N–H and O–H groups in total. The number of imidazole rings is 1. The third-order valence-electron chi connectivity index (χ3n) is 6.08. The van der Waals surface area contributed by atoms with Crippen LogP contribution in [0.25, 0.3) is 11.0 Å². The highest BCUT2D eigenvalue weighted by Crippen LogP contribution is 2.23. The predicted octanol–water partition coefficient (Wildman–Crippen LogP) is 1.86. The zero-order chi connectivity index (χ0) is 24.0. The van der Waals surface area contributed by atoms with Crippen molar-refractivity contribution in [2.24, 2.45) is 0 Å². The second kappa shape index (κ2) is 11.4. The molecule has 1 unspecified atom stereocenters. The number of carbonyl (C=O) groups excluding carboxylic acids is 1. The van der Waals surface area contributed by atoms with E-state index in [4.69, 9.17) is 9.72 Å². The van der Waals surface area contributed by atoms with Crippen LogP contribution in [0.1, 0.15) is 39.9 Å². The van der Waals surface area contributed by atoms with E-state index in [1.165, 1.54) is 4.31 Å². The van der Waals surface area contributed by atoms with Gasteiger partial charge in [-0.3, -0.25) is 9.69 Å². The van der Waals surface area contributed by atoms with Crippen LogP contribution in [0.3, 0.4) is 0 Å². The lowest BCUT2D eigenvalue weighted by Crippen LogP contribution is -2.46. The summed E-state index contributed by atoms with van der Waals surface area (Å²) < 4.78 is 34.6. The van der Waals surface area contributed by atoms with Crippen molar-refractivity contribution in [1.29, 1.82) is 0 Å². The monoisotopic (exact) mass is 479 g/mol. The van der Waals surface area contributed by atoms with Crippen LogP contribution < -0.4 is 5.32 Å². The maximum Gasteiger partial charge on any atom is 0.243 e. The number of aromatic nitrogens is 2. The number of hydrogen-bond acceptors (Lipinski definition) is 6. The van der Waals surface area contributed by atoms with Crippen LogP contribution in [-0.2, 0) is 32.5 Å². The molecule has 0 saturated carbocycles. The average molecular weight is 480 g/mol. The topological polar surface area (TPSA) is 96.8 Å². The van der Waals surface area contributed by atoms with Gasteiger partial charge in [0.1, 0.15) is 5.82 Å². The van der Waals surface area contributed by atoms with Crippen LogP contribution in [0.4, 0.5) is 0 Å². The van der Waals surface area contributed by atoms with Gasteiger partial charge < -0.3 is 14.6 Å². The molecule has 184 valence electrons. The molecule has 10 heteroatoms. The van der Waals surface area contributed by atoms with Gasteiger partial charge in [-0.15, -0.1) is 0 Å². The van der Waals surface area contributed by atoms with Crippen LogP contribution in [0.15, 0.2) is 23.1 Å². The van der Waals surface area contributed by atoms with E-state index in [9.17, 15) is 13.2 Å². The third-order valence-corrected chi connectivity index (χ3v) is 8.12. The Balaban J connectivity index is 1.68. The predicted molar refractivity (Wildman–Crippen MR) is 129 cm³/mol. The van der Waals surface area contributed by atoms with E-state index in [1.807, 2.05) is 38.3 Å². The lowest BCUT2D eigenvalue weighted by molar-refractivity contribution is -0.121. The van der Waals surface area contributed by atoms with Gasteiger partial charge in [-0.1, -0.05) is 13.8 Å². The summed E-state index contributed by atoms with van der Waals surface area (Å²) in [7, 11) is -3.55. The van der Waals surface area contributed by atoms with Crippen LogP contribution in [0.5, 0.6) is 0 Å². The number of carbonyl (C=O) groups is 1. The van der Waals surface area contributed by atoms with Crippen molar-refractivity contribution in [3.05, 3.63) is 24.0 Å². The molecule has 2 heterocycles. The summed E-state index contributed by atoms with van der Waals surface area (Å²) in [5, 5.41) is 3.08. The Labute approximate surface area is 197 Å². The van der Waals surface area contributed by atoms with Crippen molar-refractivity contribution in [2.45, 2.75) is 58.0 Å². The lowest BCUT2D eigenvalue weighted by Gasteiger charge is -2.29. The average Bonchev–Trinajstić information content (AvgIpc) is 3.15. The van der Waals surface area contributed by atoms with Crippen molar-refractivity contribution < 1.29 is 17.9 Å². The minimum Gasteiger partial charge on any atom is -0.379 e. The summed E-state index contributed by atoms with van der Waals surface area (Å²) in [6, 6.07) is 5.17. The molecule has 2 aromatic rings. The number of rotatable bonds is 11. The standard InChI is InChI=1S/C23H37N5O4S/c1-5-27(6-2)33(30,31)19-8-9-21-20(16-19)25-22(28(21)7-3)10-11-23(29)24-18(4)17-26-12-14-32-15-13-26/h8-9,16,18H,5-7,10-15,17H2,1-4H3,(H,24,29). The Hall–Kier alpha value is -2.01. The number of amides is 1. The van der Waals surface area contributed by atoms with E-state index in [2.05, 4.69) is 10.2 Å². The van der Waals surface area contributed by atoms with Crippen LogP contribution >= 0.6 is 0 Å². The molecule has 1 aliphatic heterocycles. The summed E-state index contributed by atoms with van der Waals surface area (Å²) in [6.45, 7) is 13.3. The van der Waals surface area contributed by atoms with E-state index in [0.717, 1.165) is 44.2 Å². The zero-order valence-electron chi connectivity index (χ0n) is 20.2. The first-order valence-corrected chi connectivity index (χ1v) is 13.3. The zero-order valence-corrected chi connectivity index (χ0v) is 21.0. The molecule has 1 fully saturated rings. The second-order valence-electron chi connectivity index (χ2n) is 8.39. The first-order chi connectivity index (χ1) is 15.8. The Kier molecular flexibility index (Phi) is 8.86. The maximum absolute atomic E-state index is 12.9. The first-order valence-electron chi connectivity index (χ1n) is 11.9. The molecular formula is C23H37N5O4S. The number of aryl methyl sites for hydroxylation is 2. The maximum atomic E-state index is 12.9. The SMILES string of the molecule is CCN(CC)S(=O)(=O)c1ccc2c(c1)nc(CCC(=O)NC(C)CN1CCOCC1)n2CC. The molecule has 1 aromatic heterocycles. The number of sulfonamides is 1. The van der Waals surface area contributed by atoms with Gasteiger partial charge >= 0.3 is 0 Å². The molecule has 0 radical (unpaired) electrons. The quantitative estimate of drug-likeness (QED) is 0.528. The fraction of sp³-hybridized carbons (Fsp3) is 0.652. The molecule has 1 amide bonds. The van der Waals surface area contributed by atoms with E-state index in [-0.39, 0.29) is 16.8 Å². The molecule has 3 rings (SSSR count). The number of nitrogens with zero attached hydrogens (tertiary/aromatic N) is 4. The van der Waals surface area contributed by atoms with Gasteiger partial charge in [0, 0.05) is 58.2 Å². The first kappa shape index (κ1) is 25.6. The normalized spacial score (nSPS) is 16.4. The summed E-state index contributed by atoms with van der Waals surface area (Å²) in [4.78, 5) is 19.8. The largest absolute Gasteiger partial charge is 0.379 e. The third kappa shape index (κ3) is 6.11. The van der Waals surface area contributed by atoms with E-state index in [1.54, 1.807) is 12.1 Å². The summed E-state index contributed by atoms with van der Waals surface area (Å²) in [5.74, 6) is 0.788. The van der Waals surface area contributed by atoms with Gasteiger partial charge in [-0.2, -0.15) is 4.31 Å². The summed E-state index contributed by atoms with van der Waals surface area (Å²) >= 11 is 0. The smallest absolute Gasteiger partial charge is 0.243 e. The molecule has 0 aliphatic carbocycles. The molecule has 1 atom stereocenters. The van der Waals surface area contributed by atoms with E-state index in [0.29, 0.717) is 38.0 Å². The summed E-state index contributed by atoms with van der Waals surface area (Å²) in [5.41, 5.74) is 1.52. The molecular weight excluding hydrogens is 442 g/mol. The lowest BCUT2D eigenvalue weighted by atomic mass is 10.2. The molecule has 1 saturated heterocycles. The van der Waals surface area contributed by atoms with Crippen molar-refractivity contribution in [3.63, 3.8) is 0 Å². The molecule has 9 nitrogen and oxygen atoms in total. The van der Waals surface area contributed by atoms with Crippen LogP contribution in [-0.4, -0.2) is 85.1 Å². The fourth-order valence-corrected chi connectivity index (χ4v) is 5.84. The Bertz CT molecular complexity index is 1040.